The van der Waals surface area contributed by atoms with Crippen LogP contribution in [0, 0.1) is 0 Å². The lowest BCUT2D eigenvalue weighted by molar-refractivity contribution is 0.473. The summed E-state index contributed by atoms with van der Waals surface area (Å²) in [6.45, 7) is 4.48. The van der Waals surface area contributed by atoms with Crippen LogP contribution >= 0.6 is 0 Å². The van der Waals surface area contributed by atoms with Crippen LogP contribution in [0.1, 0.15) is 18.1 Å². The maximum absolute atomic E-state index is 9.67. The number of nitrogens with one attached hydrogen (secondary N) is 1. The number of H-pyrrole nitrogens is 1. The lowest BCUT2D eigenvalue weighted by Crippen LogP contribution is -2.32. The third kappa shape index (κ3) is 2.28. The van der Waals surface area contributed by atoms with E-state index >= 15 is 0 Å². The summed E-state index contributed by atoms with van der Waals surface area (Å²) in [6.07, 6.45) is 2.55. The minimum atomic E-state index is 0.326. The Labute approximate surface area is 149 Å². The average Bonchev–Trinajstić information content (AvgIpc) is 3.34. The van der Waals surface area contributed by atoms with Gasteiger partial charge < -0.3 is 19.4 Å². The molecular formula is C19H19N5O2. The molecule has 0 saturated carbocycles. The van der Waals surface area contributed by atoms with E-state index in [4.69, 9.17) is 4.42 Å². The van der Waals surface area contributed by atoms with Gasteiger partial charge in [0.25, 0.3) is 0 Å². The number of rotatable bonds is 3. The van der Waals surface area contributed by atoms with Crippen molar-refractivity contribution in [3.8, 4) is 17.3 Å². The summed E-state index contributed by atoms with van der Waals surface area (Å²) < 4.78 is 7.57. The van der Waals surface area contributed by atoms with Crippen LogP contribution in [0.3, 0.4) is 0 Å². The van der Waals surface area contributed by atoms with Crippen LogP contribution < -0.4 is 4.90 Å². The van der Waals surface area contributed by atoms with Gasteiger partial charge in [-0.25, -0.2) is 0 Å². The van der Waals surface area contributed by atoms with Crippen LogP contribution in [-0.4, -0.2) is 31.4 Å². The van der Waals surface area contributed by atoms with E-state index in [9.17, 15) is 5.11 Å². The van der Waals surface area contributed by atoms with Gasteiger partial charge in [0.2, 0.25) is 5.95 Å². The molecule has 1 aromatic carbocycles. The minimum absolute atomic E-state index is 0.326. The van der Waals surface area contributed by atoms with Gasteiger partial charge in [0.05, 0.1) is 17.5 Å². The predicted molar refractivity (Wildman–Crippen MR) is 98.1 cm³/mol. The summed E-state index contributed by atoms with van der Waals surface area (Å²) in [5.74, 6) is 2.00. The first-order valence-electron chi connectivity index (χ1n) is 8.78. The second-order valence-corrected chi connectivity index (χ2v) is 6.57. The van der Waals surface area contributed by atoms with E-state index in [1.807, 2.05) is 24.3 Å². The molecule has 4 aromatic rings. The minimum Gasteiger partial charge on any atom is -0.508 e. The van der Waals surface area contributed by atoms with Crippen molar-refractivity contribution in [3.63, 3.8) is 0 Å². The molecule has 1 aliphatic rings. The maximum atomic E-state index is 9.67. The average molecular weight is 349 g/mol. The van der Waals surface area contributed by atoms with Crippen LogP contribution in [0.25, 0.3) is 22.6 Å². The summed E-state index contributed by atoms with van der Waals surface area (Å²) in [4.78, 5) is 5.58. The van der Waals surface area contributed by atoms with Crippen molar-refractivity contribution in [3.05, 3.63) is 47.7 Å². The van der Waals surface area contributed by atoms with Crippen LogP contribution in [0.2, 0.25) is 0 Å². The SMILES string of the molecule is CCn1c(-c2cc3occc3[nH]2)nnc1N1CCc2cc(O)ccc2C1. The molecule has 0 aliphatic carbocycles. The number of hydrogen-bond donors (Lipinski definition) is 2. The van der Waals surface area contributed by atoms with Crippen molar-refractivity contribution in [2.24, 2.45) is 0 Å². The van der Waals surface area contributed by atoms with E-state index < -0.39 is 0 Å². The largest absolute Gasteiger partial charge is 0.508 e. The number of phenolic OH excluding ortho intramolecular Hbond substituents is 1. The Hall–Kier alpha value is -3.22. The number of aromatic amines is 1. The standard InChI is InChI=1S/C19H19N5O2/c1-2-24-18(16-10-17-15(20-16)6-8-26-17)21-22-19(24)23-7-5-12-9-14(25)4-3-13(12)11-23/h3-4,6,8-10,20,25H,2,5,7,11H2,1H3. The van der Waals surface area contributed by atoms with Crippen molar-refractivity contribution < 1.29 is 9.52 Å². The summed E-state index contributed by atoms with van der Waals surface area (Å²) in [5.41, 5.74) is 5.10. The zero-order valence-corrected chi connectivity index (χ0v) is 14.4. The summed E-state index contributed by atoms with van der Waals surface area (Å²) in [6, 6.07) is 9.46. The zero-order valence-electron chi connectivity index (χ0n) is 14.4. The molecule has 0 bridgehead atoms. The maximum Gasteiger partial charge on any atom is 0.227 e. The molecule has 0 fully saturated rings. The van der Waals surface area contributed by atoms with Gasteiger partial charge in [-0.2, -0.15) is 0 Å². The number of furan rings is 1. The number of aromatic hydroxyl groups is 1. The molecular weight excluding hydrogens is 330 g/mol. The first-order chi connectivity index (χ1) is 12.7. The molecule has 0 spiro atoms. The van der Waals surface area contributed by atoms with Gasteiger partial charge in [-0.15, -0.1) is 10.2 Å². The van der Waals surface area contributed by atoms with Crippen LogP contribution in [0.4, 0.5) is 5.95 Å². The van der Waals surface area contributed by atoms with Gasteiger partial charge in [0.1, 0.15) is 5.75 Å². The molecule has 0 atom stereocenters. The van der Waals surface area contributed by atoms with Crippen molar-refractivity contribution in [1.82, 2.24) is 19.7 Å². The predicted octanol–water partition coefficient (Wildman–Crippen LogP) is 3.31. The van der Waals surface area contributed by atoms with Gasteiger partial charge in [-0.3, -0.25) is 4.57 Å². The molecule has 1 aliphatic heterocycles. The number of fused-ring (bicyclic) bond motifs is 2. The molecule has 4 heterocycles. The van der Waals surface area contributed by atoms with E-state index in [0.717, 1.165) is 54.6 Å². The third-order valence-corrected chi connectivity index (χ3v) is 5.01. The Kier molecular flexibility index (Phi) is 3.28. The van der Waals surface area contributed by atoms with E-state index in [0.29, 0.717) is 5.75 Å². The lowest BCUT2D eigenvalue weighted by Gasteiger charge is -2.29. The topological polar surface area (TPSA) is 83.1 Å². The van der Waals surface area contributed by atoms with Crippen molar-refractivity contribution in [1.29, 1.82) is 0 Å². The molecule has 132 valence electrons. The Morgan fingerprint density at radius 1 is 1.19 bits per heavy atom. The van der Waals surface area contributed by atoms with E-state index in [2.05, 4.69) is 31.6 Å². The molecule has 0 amide bonds. The highest BCUT2D eigenvalue weighted by Crippen LogP contribution is 2.29. The fourth-order valence-corrected chi connectivity index (χ4v) is 3.70. The van der Waals surface area contributed by atoms with Gasteiger partial charge in [0, 0.05) is 31.8 Å². The molecule has 3 aromatic heterocycles. The Morgan fingerprint density at radius 2 is 2.12 bits per heavy atom. The first kappa shape index (κ1) is 15.1. The number of anilines is 1. The van der Waals surface area contributed by atoms with E-state index in [1.165, 1.54) is 11.1 Å². The van der Waals surface area contributed by atoms with Gasteiger partial charge in [-0.1, -0.05) is 6.07 Å². The van der Waals surface area contributed by atoms with Gasteiger partial charge in [0.15, 0.2) is 11.4 Å². The number of phenols is 1. The summed E-state index contributed by atoms with van der Waals surface area (Å²) in [5, 5.41) is 18.6. The number of benzene rings is 1. The summed E-state index contributed by atoms with van der Waals surface area (Å²) >= 11 is 0. The van der Waals surface area contributed by atoms with Crippen molar-refractivity contribution >= 4 is 17.0 Å². The number of aromatic nitrogens is 4. The van der Waals surface area contributed by atoms with Crippen LogP contribution in [0.15, 0.2) is 41.0 Å². The quantitative estimate of drug-likeness (QED) is 0.593. The Bertz CT molecular complexity index is 1060. The van der Waals surface area contributed by atoms with Crippen molar-refractivity contribution in [2.75, 3.05) is 11.4 Å². The smallest absolute Gasteiger partial charge is 0.227 e. The monoisotopic (exact) mass is 349 g/mol. The summed E-state index contributed by atoms with van der Waals surface area (Å²) in [7, 11) is 0. The third-order valence-electron chi connectivity index (χ3n) is 5.01. The molecule has 26 heavy (non-hydrogen) atoms. The second-order valence-electron chi connectivity index (χ2n) is 6.57. The fourth-order valence-electron chi connectivity index (χ4n) is 3.70. The zero-order chi connectivity index (χ0) is 17.7. The number of nitrogens with zero attached hydrogens (tertiary/aromatic N) is 4. The normalized spacial score (nSPS) is 14.1. The molecule has 7 nitrogen and oxygen atoms in total. The van der Waals surface area contributed by atoms with Gasteiger partial charge >= 0.3 is 0 Å². The molecule has 5 rings (SSSR count). The second kappa shape index (κ2) is 5.66. The van der Waals surface area contributed by atoms with E-state index in [-0.39, 0.29) is 0 Å². The molecule has 0 unspecified atom stereocenters. The highest BCUT2D eigenvalue weighted by atomic mass is 16.3. The Balaban J connectivity index is 1.51. The van der Waals surface area contributed by atoms with Crippen LogP contribution in [0.5, 0.6) is 5.75 Å². The van der Waals surface area contributed by atoms with E-state index in [1.54, 1.807) is 12.3 Å². The highest BCUT2D eigenvalue weighted by Gasteiger charge is 2.23. The first-order valence-corrected chi connectivity index (χ1v) is 8.78. The molecule has 0 radical (unpaired) electrons. The molecule has 7 heteroatoms. The highest BCUT2D eigenvalue weighted by molar-refractivity contribution is 5.80. The lowest BCUT2D eigenvalue weighted by atomic mass is 10.00. The molecule has 0 saturated heterocycles. The molecule has 2 N–H and O–H groups in total. The Morgan fingerprint density at radius 3 is 2.96 bits per heavy atom. The van der Waals surface area contributed by atoms with Crippen LogP contribution in [-0.2, 0) is 19.5 Å². The van der Waals surface area contributed by atoms with Gasteiger partial charge in [-0.05, 0) is 36.6 Å². The fraction of sp³-hybridized carbons (Fsp3) is 0.263. The number of hydrogen-bond acceptors (Lipinski definition) is 5. The van der Waals surface area contributed by atoms with Crippen molar-refractivity contribution in [2.45, 2.75) is 26.4 Å².